The van der Waals surface area contributed by atoms with Crippen molar-refractivity contribution in [2.45, 2.75) is 32.1 Å². The second-order valence-corrected chi connectivity index (χ2v) is 10.4. The Bertz CT molecular complexity index is 1210. The van der Waals surface area contributed by atoms with E-state index in [1.54, 1.807) is 31.3 Å². The molecule has 8 nitrogen and oxygen atoms in total. The van der Waals surface area contributed by atoms with Crippen molar-refractivity contribution >= 4 is 33.0 Å². The molecule has 3 aromatic rings. The topological polar surface area (TPSA) is 120 Å². The number of ether oxygens (including phenoxy) is 1. The van der Waals surface area contributed by atoms with Crippen LogP contribution < -0.4 is 10.5 Å². The molecule has 1 fully saturated rings. The van der Waals surface area contributed by atoms with E-state index < -0.39 is 15.8 Å². The summed E-state index contributed by atoms with van der Waals surface area (Å²) in [5.74, 6) is -0.461. The van der Waals surface area contributed by atoms with E-state index >= 15 is 4.39 Å². The fourth-order valence-electron chi connectivity index (χ4n) is 3.59. The van der Waals surface area contributed by atoms with E-state index in [0.717, 1.165) is 17.8 Å². The molecule has 3 N–H and O–H groups in total. The number of nitrogens with zero attached hydrogens (tertiary/aromatic N) is 3. The van der Waals surface area contributed by atoms with Crippen LogP contribution in [0.15, 0.2) is 30.5 Å². The number of hydrogen-bond acceptors (Lipinski definition) is 8. The third-order valence-electron chi connectivity index (χ3n) is 5.11. The highest BCUT2D eigenvalue weighted by molar-refractivity contribution is 7.92. The first-order valence-corrected chi connectivity index (χ1v) is 12.8. The number of rotatable bonds is 7. The number of anilines is 2. The molecule has 1 aliphatic heterocycles. The quantitative estimate of drug-likeness (QED) is 0.527. The number of nitrogens with one attached hydrogen (secondary N) is 1. The zero-order chi connectivity index (χ0) is 22.7. The van der Waals surface area contributed by atoms with Crippen molar-refractivity contribution in [3.63, 3.8) is 0 Å². The molecular weight excluding hydrogens is 453 g/mol. The van der Waals surface area contributed by atoms with Gasteiger partial charge in [0, 0.05) is 30.9 Å². The van der Waals surface area contributed by atoms with Crippen LogP contribution in [0.25, 0.3) is 21.8 Å². The number of benzene rings is 1. The molecule has 3 heterocycles. The monoisotopic (exact) mass is 477 g/mol. The lowest BCUT2D eigenvalue weighted by Crippen LogP contribution is -2.17. The molecule has 0 atom stereocenters. The van der Waals surface area contributed by atoms with Crippen molar-refractivity contribution < 1.29 is 17.5 Å². The molecule has 0 radical (unpaired) electrons. The van der Waals surface area contributed by atoms with Gasteiger partial charge in [0.15, 0.2) is 5.82 Å². The fraction of sp³-hybridized carbons (Fsp3) is 0.381. The Morgan fingerprint density at radius 1 is 1.25 bits per heavy atom. The maximum atomic E-state index is 15.5. The van der Waals surface area contributed by atoms with Gasteiger partial charge in [-0.2, -0.15) is 0 Å². The lowest BCUT2D eigenvalue weighted by molar-refractivity contribution is 0.0853. The summed E-state index contributed by atoms with van der Waals surface area (Å²) in [4.78, 5) is 13.7. The highest BCUT2D eigenvalue weighted by Crippen LogP contribution is 2.42. The predicted octanol–water partition coefficient (Wildman–Crippen LogP) is 4.03. The largest absolute Gasteiger partial charge is 0.381 e. The molecule has 4 rings (SSSR count). The predicted molar refractivity (Wildman–Crippen MR) is 123 cm³/mol. The first-order chi connectivity index (χ1) is 15.4. The molecule has 0 aliphatic carbocycles. The lowest BCUT2D eigenvalue weighted by Gasteiger charge is -2.19. The maximum Gasteiger partial charge on any atom is 0.232 e. The summed E-state index contributed by atoms with van der Waals surface area (Å²) in [7, 11) is -3.64. The van der Waals surface area contributed by atoms with Crippen molar-refractivity contribution in [1.29, 1.82) is 0 Å². The van der Waals surface area contributed by atoms with Crippen LogP contribution in [0, 0.1) is 5.82 Å². The van der Waals surface area contributed by atoms with Gasteiger partial charge in [-0.25, -0.2) is 27.8 Å². The summed E-state index contributed by atoms with van der Waals surface area (Å²) < 4.78 is 47.7. The highest BCUT2D eigenvalue weighted by Gasteiger charge is 2.26. The average molecular weight is 478 g/mol. The average Bonchev–Trinajstić information content (AvgIpc) is 3.21. The van der Waals surface area contributed by atoms with Gasteiger partial charge in [0.2, 0.25) is 16.0 Å². The van der Waals surface area contributed by atoms with Gasteiger partial charge in [-0.05, 0) is 37.5 Å². The second kappa shape index (κ2) is 9.47. The van der Waals surface area contributed by atoms with Crippen LogP contribution in [0.3, 0.4) is 0 Å². The lowest BCUT2D eigenvalue weighted by atomic mass is 10.0. The van der Waals surface area contributed by atoms with Crippen LogP contribution in [0.2, 0.25) is 0 Å². The Balaban J connectivity index is 1.82. The number of sulfonamides is 1. The smallest absolute Gasteiger partial charge is 0.232 e. The third kappa shape index (κ3) is 4.89. The van der Waals surface area contributed by atoms with Crippen molar-refractivity contribution in [2.75, 3.05) is 29.4 Å². The van der Waals surface area contributed by atoms with Crippen LogP contribution in [0.1, 0.15) is 37.1 Å². The number of halogens is 1. The van der Waals surface area contributed by atoms with Gasteiger partial charge in [0.05, 0.1) is 32.7 Å². The molecule has 11 heteroatoms. The second-order valence-electron chi connectivity index (χ2n) is 7.50. The van der Waals surface area contributed by atoms with E-state index in [9.17, 15) is 8.42 Å². The molecule has 0 spiro atoms. The molecule has 1 aromatic carbocycles. The van der Waals surface area contributed by atoms with E-state index in [-0.39, 0.29) is 28.9 Å². The first kappa shape index (κ1) is 22.6. The zero-order valence-corrected chi connectivity index (χ0v) is 19.2. The van der Waals surface area contributed by atoms with Crippen molar-refractivity contribution in [1.82, 2.24) is 15.0 Å². The highest BCUT2D eigenvalue weighted by atomic mass is 32.2. The van der Waals surface area contributed by atoms with Crippen LogP contribution in [0.5, 0.6) is 0 Å². The van der Waals surface area contributed by atoms with Crippen LogP contribution in [-0.4, -0.2) is 42.3 Å². The van der Waals surface area contributed by atoms with Gasteiger partial charge in [0.25, 0.3) is 0 Å². The molecule has 1 saturated heterocycles. The third-order valence-corrected chi connectivity index (χ3v) is 7.83. The summed E-state index contributed by atoms with van der Waals surface area (Å²) in [5.41, 5.74) is 6.82. The summed E-state index contributed by atoms with van der Waals surface area (Å²) in [6.45, 7) is 3.05. The van der Waals surface area contributed by atoms with Crippen molar-refractivity contribution in [3.8, 4) is 21.8 Å². The minimum Gasteiger partial charge on any atom is -0.381 e. The molecule has 2 aromatic heterocycles. The Morgan fingerprint density at radius 3 is 2.75 bits per heavy atom. The van der Waals surface area contributed by atoms with Crippen LogP contribution >= 0.6 is 11.3 Å². The van der Waals surface area contributed by atoms with Gasteiger partial charge < -0.3 is 10.5 Å². The summed E-state index contributed by atoms with van der Waals surface area (Å²) in [6, 6.07) is 6.30. The Labute approximate surface area is 190 Å². The van der Waals surface area contributed by atoms with E-state index in [4.69, 9.17) is 15.5 Å². The molecular formula is C21H24FN5O3S2. The van der Waals surface area contributed by atoms with E-state index in [0.29, 0.717) is 35.9 Å². The number of nitrogens with two attached hydrogens (primary N) is 1. The van der Waals surface area contributed by atoms with Crippen LogP contribution in [-0.2, 0) is 14.8 Å². The van der Waals surface area contributed by atoms with Crippen LogP contribution in [0.4, 0.5) is 16.0 Å². The van der Waals surface area contributed by atoms with E-state index in [1.807, 2.05) is 0 Å². The summed E-state index contributed by atoms with van der Waals surface area (Å²) >= 11 is 1.44. The fourth-order valence-corrected chi connectivity index (χ4v) is 5.94. The van der Waals surface area contributed by atoms with Gasteiger partial charge in [-0.3, -0.25) is 4.72 Å². The first-order valence-electron chi connectivity index (χ1n) is 10.3. The Hall–Kier alpha value is -2.63. The van der Waals surface area contributed by atoms with Gasteiger partial charge in [-0.1, -0.05) is 13.0 Å². The molecule has 1 aliphatic rings. The van der Waals surface area contributed by atoms with Gasteiger partial charge in [-0.15, -0.1) is 11.3 Å². The molecule has 0 bridgehead atoms. The SMILES string of the molecule is CCCS(=O)(=O)Nc1cccc(-c2nc(C3CCOCC3)sc2-c2ccnc(N)n2)c1F. The maximum absolute atomic E-state index is 15.5. The van der Waals surface area contributed by atoms with Gasteiger partial charge >= 0.3 is 0 Å². The number of hydrogen-bond donors (Lipinski definition) is 2. The molecule has 0 amide bonds. The molecule has 170 valence electrons. The van der Waals surface area contributed by atoms with Gasteiger partial charge in [0.1, 0.15) is 0 Å². The zero-order valence-electron chi connectivity index (χ0n) is 17.5. The summed E-state index contributed by atoms with van der Waals surface area (Å²) in [6.07, 6.45) is 3.63. The minimum absolute atomic E-state index is 0.0905. The summed E-state index contributed by atoms with van der Waals surface area (Å²) in [5, 5.41) is 0.867. The number of nitrogen functional groups attached to an aromatic ring is 1. The standard InChI is InChI=1S/C21H24FN5O3S2/c1-2-12-32(28,29)27-15-5-3-4-14(17(15)22)18-19(16-6-9-24-21(23)25-16)31-20(26-18)13-7-10-30-11-8-13/h3-6,9,13,27H,2,7-8,10-12H2,1H3,(H2,23,24,25). The molecule has 0 saturated carbocycles. The Kier molecular flexibility index (Phi) is 6.68. The molecule has 32 heavy (non-hydrogen) atoms. The molecule has 0 unspecified atom stereocenters. The van der Waals surface area contributed by atoms with E-state index in [2.05, 4.69) is 14.7 Å². The number of aromatic nitrogens is 3. The minimum atomic E-state index is -3.64. The normalized spacial score (nSPS) is 15.1. The van der Waals surface area contributed by atoms with E-state index in [1.165, 1.54) is 17.4 Å². The number of thiazole rings is 1. The van der Waals surface area contributed by atoms with Crippen molar-refractivity contribution in [2.24, 2.45) is 0 Å². The Morgan fingerprint density at radius 2 is 2.03 bits per heavy atom. The van der Waals surface area contributed by atoms with Crippen molar-refractivity contribution in [3.05, 3.63) is 41.3 Å².